The van der Waals surface area contributed by atoms with Crippen LogP contribution in [0.5, 0.6) is 0 Å². The van der Waals surface area contributed by atoms with Gasteiger partial charge in [0.15, 0.2) is 0 Å². The number of rotatable bonds is 2. The van der Waals surface area contributed by atoms with Crippen LogP contribution >= 0.6 is 15.9 Å². The van der Waals surface area contributed by atoms with Gasteiger partial charge in [-0.05, 0) is 63.0 Å². The van der Waals surface area contributed by atoms with E-state index in [0.717, 1.165) is 4.47 Å². The number of ether oxygens (including phenoxy) is 1. The van der Waals surface area contributed by atoms with Crippen LogP contribution in [0.2, 0.25) is 0 Å². The van der Waals surface area contributed by atoms with E-state index in [0.29, 0.717) is 19.5 Å². The summed E-state index contributed by atoms with van der Waals surface area (Å²) in [4.78, 5) is 14.5. The summed E-state index contributed by atoms with van der Waals surface area (Å²) in [5.41, 5.74) is 0.466. The zero-order valence-electron chi connectivity index (χ0n) is 16.3. The lowest BCUT2D eigenvalue weighted by molar-refractivity contribution is 0.0267. The molecule has 146 valence electrons. The van der Waals surface area contributed by atoms with Crippen molar-refractivity contribution in [3.05, 3.63) is 58.4 Å². The number of amides is 1. The Morgan fingerprint density at radius 1 is 1.30 bits per heavy atom. The fourth-order valence-corrected chi connectivity index (χ4v) is 4.39. The molecule has 2 aliphatic rings. The molecule has 0 aromatic heterocycles. The van der Waals surface area contributed by atoms with Crippen LogP contribution in [0, 0.1) is 11.3 Å². The number of hydrogen-bond acceptors (Lipinski definition) is 2. The predicted octanol–water partition coefficient (Wildman–Crippen LogP) is 6.22. The standard InChI is InChI=1S/C22H27BrFNO2/c1-21(2,3)27-20(26)25-13-19(15-5-9-17(23)10-6-15)22(4,14-25)16-7-11-18(24)12-8-16/h5-7,9-12,16,19H,8,13-14H2,1-4H3/t16?,19-,22+/m0/s1. The van der Waals surface area contributed by atoms with E-state index in [1.165, 1.54) is 5.56 Å². The zero-order valence-corrected chi connectivity index (χ0v) is 17.9. The average Bonchev–Trinajstić information content (AvgIpc) is 2.94. The normalized spacial score (nSPS) is 28.2. The second-order valence-corrected chi connectivity index (χ2v) is 9.68. The molecule has 1 unspecified atom stereocenters. The minimum atomic E-state index is -0.528. The summed E-state index contributed by atoms with van der Waals surface area (Å²) in [6.07, 6.45) is 5.52. The molecule has 0 bridgehead atoms. The number of nitrogens with zero attached hydrogens (tertiary/aromatic N) is 1. The van der Waals surface area contributed by atoms with Gasteiger partial charge in [-0.1, -0.05) is 41.1 Å². The molecule has 5 heteroatoms. The minimum Gasteiger partial charge on any atom is -0.444 e. The predicted molar refractivity (Wildman–Crippen MR) is 109 cm³/mol. The molecule has 3 atom stereocenters. The average molecular weight is 436 g/mol. The Labute approximate surface area is 169 Å². The summed E-state index contributed by atoms with van der Waals surface area (Å²) in [7, 11) is 0. The SMILES string of the molecule is CC(C)(C)OC(=O)N1C[C@@H](c2ccc(Br)cc2)[C@@](C)(C2C=CC(F)=CC2)C1. The Hall–Kier alpha value is -1.62. The molecule has 27 heavy (non-hydrogen) atoms. The Bertz CT molecular complexity index is 766. The molecule has 3 nitrogen and oxygen atoms in total. The van der Waals surface area contributed by atoms with Crippen LogP contribution in [0.15, 0.2) is 52.8 Å². The van der Waals surface area contributed by atoms with Crippen molar-refractivity contribution in [3.63, 3.8) is 0 Å². The quantitative estimate of drug-likeness (QED) is 0.551. The fraction of sp³-hybridized carbons (Fsp3) is 0.500. The van der Waals surface area contributed by atoms with Gasteiger partial charge < -0.3 is 9.64 Å². The van der Waals surface area contributed by atoms with E-state index in [4.69, 9.17) is 4.74 Å². The molecular formula is C22H27BrFNO2. The summed E-state index contributed by atoms with van der Waals surface area (Å²) >= 11 is 3.49. The van der Waals surface area contributed by atoms with Gasteiger partial charge in [-0.25, -0.2) is 9.18 Å². The van der Waals surface area contributed by atoms with E-state index in [1.54, 1.807) is 17.1 Å². The molecule has 1 saturated heterocycles. The van der Waals surface area contributed by atoms with Crippen LogP contribution in [0.4, 0.5) is 9.18 Å². The monoisotopic (exact) mass is 435 g/mol. The highest BCUT2D eigenvalue weighted by atomic mass is 79.9. The van der Waals surface area contributed by atoms with Crippen molar-refractivity contribution < 1.29 is 13.9 Å². The van der Waals surface area contributed by atoms with Crippen molar-refractivity contribution in [2.24, 2.45) is 11.3 Å². The first kappa shape index (κ1) is 20.1. The molecule has 1 amide bonds. The van der Waals surface area contributed by atoms with Crippen molar-refractivity contribution >= 4 is 22.0 Å². The largest absolute Gasteiger partial charge is 0.444 e. The molecule has 3 rings (SSSR count). The molecule has 1 heterocycles. The Balaban J connectivity index is 1.91. The first-order valence-electron chi connectivity index (χ1n) is 9.36. The Kier molecular flexibility index (Phi) is 5.53. The summed E-state index contributed by atoms with van der Waals surface area (Å²) < 4.78 is 20.1. The van der Waals surface area contributed by atoms with Gasteiger partial charge in [-0.15, -0.1) is 0 Å². The van der Waals surface area contributed by atoms with E-state index < -0.39 is 5.60 Å². The lowest BCUT2D eigenvalue weighted by Gasteiger charge is -2.38. The highest BCUT2D eigenvalue weighted by Gasteiger charge is 2.50. The number of benzene rings is 1. The second kappa shape index (κ2) is 7.42. The van der Waals surface area contributed by atoms with Gasteiger partial charge in [-0.2, -0.15) is 0 Å². The first-order chi connectivity index (χ1) is 12.6. The van der Waals surface area contributed by atoms with Crippen molar-refractivity contribution in [2.45, 2.75) is 45.6 Å². The molecule has 1 aromatic carbocycles. The summed E-state index contributed by atoms with van der Waals surface area (Å²) in [5.74, 6) is 0.137. The second-order valence-electron chi connectivity index (χ2n) is 8.76. The Morgan fingerprint density at radius 3 is 2.52 bits per heavy atom. The van der Waals surface area contributed by atoms with E-state index in [2.05, 4.69) is 35.0 Å². The van der Waals surface area contributed by atoms with E-state index >= 15 is 0 Å². The molecular weight excluding hydrogens is 409 g/mol. The van der Waals surface area contributed by atoms with Crippen molar-refractivity contribution in [1.29, 1.82) is 0 Å². The number of allylic oxidation sites excluding steroid dienone is 4. The lowest BCUT2D eigenvalue weighted by Crippen LogP contribution is -2.38. The highest BCUT2D eigenvalue weighted by molar-refractivity contribution is 9.10. The van der Waals surface area contributed by atoms with Crippen molar-refractivity contribution in [3.8, 4) is 0 Å². The number of likely N-dealkylation sites (tertiary alicyclic amines) is 1. The van der Waals surface area contributed by atoms with Crippen LogP contribution in [0.1, 0.15) is 45.6 Å². The van der Waals surface area contributed by atoms with Gasteiger partial charge in [0, 0.05) is 28.9 Å². The van der Waals surface area contributed by atoms with E-state index in [1.807, 2.05) is 39.0 Å². The number of halogens is 2. The molecule has 0 N–H and O–H groups in total. The molecule has 1 aliphatic heterocycles. The number of carbonyl (C=O) groups excluding carboxylic acids is 1. The third kappa shape index (κ3) is 4.45. The maximum atomic E-state index is 13.5. The summed E-state index contributed by atoms with van der Waals surface area (Å²) in [5, 5.41) is 0. The Morgan fingerprint density at radius 2 is 1.96 bits per heavy atom. The highest BCUT2D eigenvalue weighted by Crippen LogP contribution is 2.50. The summed E-state index contributed by atoms with van der Waals surface area (Å²) in [6, 6.07) is 8.27. The smallest absolute Gasteiger partial charge is 0.410 e. The van der Waals surface area contributed by atoms with Gasteiger partial charge in [0.05, 0.1) is 0 Å². The summed E-state index contributed by atoms with van der Waals surface area (Å²) in [6.45, 7) is 9.03. The van der Waals surface area contributed by atoms with Crippen LogP contribution in [-0.4, -0.2) is 29.7 Å². The van der Waals surface area contributed by atoms with Crippen LogP contribution in [-0.2, 0) is 4.74 Å². The van der Waals surface area contributed by atoms with Crippen LogP contribution in [0.25, 0.3) is 0 Å². The third-order valence-corrected chi connectivity index (χ3v) is 6.08. The molecule has 0 saturated carbocycles. The first-order valence-corrected chi connectivity index (χ1v) is 10.1. The topological polar surface area (TPSA) is 29.5 Å². The van der Waals surface area contributed by atoms with Gasteiger partial charge in [0.1, 0.15) is 11.4 Å². The van der Waals surface area contributed by atoms with Crippen LogP contribution in [0.3, 0.4) is 0 Å². The van der Waals surface area contributed by atoms with E-state index in [-0.39, 0.29) is 29.2 Å². The molecule has 1 aromatic rings. The minimum absolute atomic E-state index is 0.155. The molecule has 1 aliphatic carbocycles. The molecule has 0 radical (unpaired) electrons. The van der Waals surface area contributed by atoms with Gasteiger partial charge in [0.25, 0.3) is 0 Å². The van der Waals surface area contributed by atoms with E-state index in [9.17, 15) is 9.18 Å². The van der Waals surface area contributed by atoms with Gasteiger partial charge >= 0.3 is 6.09 Å². The number of hydrogen-bond donors (Lipinski definition) is 0. The fourth-order valence-electron chi connectivity index (χ4n) is 4.12. The third-order valence-electron chi connectivity index (χ3n) is 5.56. The van der Waals surface area contributed by atoms with Gasteiger partial charge in [-0.3, -0.25) is 0 Å². The van der Waals surface area contributed by atoms with Gasteiger partial charge in [0.2, 0.25) is 0 Å². The molecule has 0 spiro atoms. The van der Waals surface area contributed by atoms with Crippen molar-refractivity contribution in [1.82, 2.24) is 4.90 Å². The maximum absolute atomic E-state index is 13.5. The van der Waals surface area contributed by atoms with Crippen molar-refractivity contribution in [2.75, 3.05) is 13.1 Å². The van der Waals surface area contributed by atoms with Crippen LogP contribution < -0.4 is 0 Å². The zero-order chi connectivity index (χ0) is 19.8. The maximum Gasteiger partial charge on any atom is 0.410 e. The number of carbonyl (C=O) groups is 1. The molecule has 1 fully saturated rings. The lowest BCUT2D eigenvalue weighted by atomic mass is 9.65.